The van der Waals surface area contributed by atoms with E-state index >= 15 is 0 Å². The van der Waals surface area contributed by atoms with Gasteiger partial charge >= 0.3 is 121 Å². The second kappa shape index (κ2) is 14.7. The van der Waals surface area contributed by atoms with E-state index in [1.165, 1.54) is 10.7 Å². The molecule has 3 rings (SSSR count). The summed E-state index contributed by atoms with van der Waals surface area (Å²) in [7, 11) is 0. The van der Waals surface area contributed by atoms with Crippen LogP contribution in [0.2, 0.25) is 0 Å². The van der Waals surface area contributed by atoms with Gasteiger partial charge in [0.1, 0.15) is 0 Å². The Morgan fingerprint density at radius 1 is 0.690 bits per heavy atom. The van der Waals surface area contributed by atoms with Crippen LogP contribution in [0.4, 0.5) is 0 Å². The minimum atomic E-state index is -2.28. The van der Waals surface area contributed by atoms with Crippen molar-refractivity contribution in [3.05, 3.63) is 91.0 Å². The minimum absolute atomic E-state index is 0. The molecule has 3 aromatic rings. The molecule has 0 saturated heterocycles. The first-order valence-corrected chi connectivity index (χ1v) is 17.1. The average molecular weight is 568 g/mol. The maximum absolute atomic E-state index is 4.99. The SMILES string of the molecule is CCOP(=S)([S-])OCC.[SH-].c1cc[c]([Sn+]([c]2ccccc2)[c]2ccccc2)cc1. The van der Waals surface area contributed by atoms with Crippen LogP contribution in [0, 0.1) is 0 Å². The van der Waals surface area contributed by atoms with Crippen molar-refractivity contribution in [3.8, 4) is 0 Å². The number of thiol groups is 1. The van der Waals surface area contributed by atoms with Gasteiger partial charge in [-0.3, -0.25) is 0 Å². The van der Waals surface area contributed by atoms with Crippen LogP contribution in [0.1, 0.15) is 13.8 Å². The number of benzene rings is 3. The van der Waals surface area contributed by atoms with Gasteiger partial charge in [-0.1, -0.05) is 11.8 Å². The number of hydrogen-bond acceptors (Lipinski definition) is 5. The zero-order valence-corrected chi connectivity index (χ0v) is 22.9. The summed E-state index contributed by atoms with van der Waals surface area (Å²) in [5.74, 6) is 0. The number of hydrogen-bond donors (Lipinski definition) is 0. The molecular formula is C22H26O2PS3Sn-. The third-order valence-corrected chi connectivity index (χ3v) is 14.0. The molecule has 0 fully saturated rings. The van der Waals surface area contributed by atoms with E-state index in [4.69, 9.17) is 33.1 Å². The molecule has 0 amide bonds. The fourth-order valence-electron chi connectivity index (χ4n) is 2.67. The topological polar surface area (TPSA) is 18.5 Å². The Balaban J connectivity index is 0.000000362. The quantitative estimate of drug-likeness (QED) is 0.187. The van der Waals surface area contributed by atoms with E-state index in [1.807, 2.05) is 13.8 Å². The Hall–Kier alpha value is -0.271. The van der Waals surface area contributed by atoms with E-state index in [0.29, 0.717) is 13.2 Å². The average Bonchev–Trinajstić information content (AvgIpc) is 2.71. The normalized spacial score (nSPS) is 10.3. The standard InChI is InChI=1S/3C6H5.C4H11O2PS2.H2S.Sn/c3*1-2-4-6-5-3-1;1-3-5-7(8,9)6-4-2;;/h3*1-5H;3-4H2,1-2H3,(H,8,9);1H2;/q;;;;;+1/p-2. The van der Waals surface area contributed by atoms with Crippen molar-refractivity contribution in [3.63, 3.8) is 0 Å². The molecule has 0 aliphatic rings. The van der Waals surface area contributed by atoms with E-state index in [0.717, 1.165) is 0 Å². The molecule has 0 aliphatic heterocycles. The summed E-state index contributed by atoms with van der Waals surface area (Å²) in [6.45, 7) is 4.79. The second-order valence-electron chi connectivity index (χ2n) is 5.76. The molecule has 0 N–H and O–H groups in total. The molecule has 0 heterocycles. The van der Waals surface area contributed by atoms with Gasteiger partial charge < -0.3 is 34.8 Å². The van der Waals surface area contributed by atoms with Gasteiger partial charge in [0, 0.05) is 13.2 Å². The van der Waals surface area contributed by atoms with Crippen LogP contribution >= 0.6 is 5.69 Å². The summed E-state index contributed by atoms with van der Waals surface area (Å²) < 4.78 is 14.6. The van der Waals surface area contributed by atoms with Gasteiger partial charge in [-0.25, -0.2) is 0 Å². The molecule has 2 nitrogen and oxygen atoms in total. The van der Waals surface area contributed by atoms with Crippen molar-refractivity contribution in [2.75, 3.05) is 13.2 Å². The van der Waals surface area contributed by atoms with Crippen molar-refractivity contribution in [1.82, 2.24) is 0 Å². The summed E-state index contributed by atoms with van der Waals surface area (Å²) in [5, 5.41) is 0. The summed E-state index contributed by atoms with van der Waals surface area (Å²) >= 11 is 7.66. The van der Waals surface area contributed by atoms with Crippen LogP contribution in [-0.2, 0) is 46.6 Å². The third kappa shape index (κ3) is 9.60. The van der Waals surface area contributed by atoms with E-state index in [9.17, 15) is 0 Å². The molecule has 0 aromatic heterocycles. The van der Waals surface area contributed by atoms with Crippen molar-refractivity contribution >= 4 is 73.7 Å². The van der Waals surface area contributed by atoms with Crippen molar-refractivity contribution < 1.29 is 9.05 Å². The Bertz CT molecular complexity index is 748. The predicted molar refractivity (Wildman–Crippen MR) is 138 cm³/mol. The second-order valence-corrected chi connectivity index (χ2v) is 17.8. The zero-order chi connectivity index (χ0) is 20.2. The molecule has 0 unspecified atom stereocenters. The summed E-state index contributed by atoms with van der Waals surface area (Å²) in [6.07, 6.45) is 0. The van der Waals surface area contributed by atoms with Gasteiger partial charge in [0.05, 0.1) is 5.69 Å². The van der Waals surface area contributed by atoms with Crippen LogP contribution in [-0.4, -0.2) is 33.0 Å². The van der Waals surface area contributed by atoms with Gasteiger partial charge in [-0.2, -0.15) is 0 Å². The van der Waals surface area contributed by atoms with Crippen LogP contribution in [0.15, 0.2) is 91.0 Å². The van der Waals surface area contributed by atoms with Gasteiger partial charge in [0.2, 0.25) is 0 Å². The molecule has 0 spiro atoms. The van der Waals surface area contributed by atoms with Crippen molar-refractivity contribution in [2.24, 2.45) is 0 Å². The summed E-state index contributed by atoms with van der Waals surface area (Å²) in [5.41, 5.74) is -2.28. The van der Waals surface area contributed by atoms with Crippen LogP contribution < -0.4 is 10.7 Å². The predicted octanol–water partition coefficient (Wildman–Crippen LogP) is 3.76. The van der Waals surface area contributed by atoms with Gasteiger partial charge in [-0.15, -0.1) is 0 Å². The van der Waals surface area contributed by atoms with Crippen LogP contribution in [0.5, 0.6) is 0 Å². The monoisotopic (exact) mass is 569 g/mol. The molecule has 0 radical (unpaired) electrons. The Labute approximate surface area is 199 Å². The fraction of sp³-hybridized carbons (Fsp3) is 0.182. The van der Waals surface area contributed by atoms with E-state index < -0.39 is 25.5 Å². The van der Waals surface area contributed by atoms with E-state index in [-0.39, 0.29) is 13.5 Å². The fourth-order valence-corrected chi connectivity index (χ4v) is 12.0. The van der Waals surface area contributed by atoms with Crippen molar-refractivity contribution in [1.29, 1.82) is 0 Å². The Morgan fingerprint density at radius 2 is 0.966 bits per heavy atom. The van der Waals surface area contributed by atoms with Gasteiger partial charge in [0.25, 0.3) is 0 Å². The van der Waals surface area contributed by atoms with Gasteiger partial charge in [0.15, 0.2) is 0 Å². The Kier molecular flexibility index (Phi) is 13.6. The Morgan fingerprint density at radius 3 is 1.21 bits per heavy atom. The first kappa shape index (κ1) is 26.8. The third-order valence-electron chi connectivity index (χ3n) is 3.76. The first-order valence-electron chi connectivity index (χ1n) is 9.20. The zero-order valence-electron chi connectivity index (χ0n) is 16.6. The van der Waals surface area contributed by atoms with Gasteiger partial charge in [-0.05, 0) is 13.8 Å². The molecule has 3 aromatic carbocycles. The first-order chi connectivity index (χ1) is 13.6. The maximum atomic E-state index is 4.99. The molecular weight excluding hydrogens is 542 g/mol. The molecule has 7 heteroatoms. The summed E-state index contributed by atoms with van der Waals surface area (Å²) in [6, 6.07) is 32.9. The van der Waals surface area contributed by atoms with E-state index in [1.54, 1.807) is 0 Å². The summed E-state index contributed by atoms with van der Waals surface area (Å²) in [4.78, 5) is 0. The van der Waals surface area contributed by atoms with Crippen molar-refractivity contribution in [2.45, 2.75) is 13.8 Å². The molecule has 154 valence electrons. The van der Waals surface area contributed by atoms with Crippen LogP contribution in [0.3, 0.4) is 0 Å². The molecule has 0 bridgehead atoms. The van der Waals surface area contributed by atoms with Crippen LogP contribution in [0.25, 0.3) is 0 Å². The molecule has 0 aliphatic carbocycles. The molecule has 29 heavy (non-hydrogen) atoms. The van der Waals surface area contributed by atoms with E-state index in [2.05, 4.69) is 91.0 Å². The number of rotatable bonds is 7. The molecule has 0 saturated carbocycles. The molecule has 0 atom stereocenters.